The average molecular weight is 228 g/mol. The summed E-state index contributed by atoms with van der Waals surface area (Å²) in [7, 11) is 1.87. The van der Waals surface area contributed by atoms with Crippen molar-refractivity contribution in [2.45, 2.75) is 20.3 Å². The zero-order chi connectivity index (χ0) is 11.4. The molecule has 0 radical (unpaired) electrons. The van der Waals surface area contributed by atoms with Crippen LogP contribution in [0.1, 0.15) is 19.5 Å². The normalized spacial score (nSPS) is 12.5. The van der Waals surface area contributed by atoms with E-state index in [2.05, 4.69) is 11.9 Å². The van der Waals surface area contributed by atoms with Gasteiger partial charge in [0.05, 0.1) is 11.6 Å². The van der Waals surface area contributed by atoms with Crippen LogP contribution < -0.4 is 4.90 Å². The first kappa shape index (κ1) is 12.0. The minimum atomic E-state index is -0.769. The van der Waals surface area contributed by atoms with Crippen molar-refractivity contribution in [2.24, 2.45) is 5.92 Å². The van der Waals surface area contributed by atoms with E-state index < -0.39 is 5.97 Å². The number of rotatable bonds is 5. The smallest absolute Gasteiger partial charge is 0.308 e. The molecule has 1 aromatic heterocycles. The molecule has 1 unspecified atom stereocenters. The van der Waals surface area contributed by atoms with E-state index in [4.69, 9.17) is 5.11 Å². The molecule has 1 N–H and O–H groups in total. The molecule has 1 heterocycles. The van der Waals surface area contributed by atoms with E-state index in [0.29, 0.717) is 6.54 Å². The first-order valence-corrected chi connectivity index (χ1v) is 5.81. The van der Waals surface area contributed by atoms with Gasteiger partial charge in [0.1, 0.15) is 0 Å². The van der Waals surface area contributed by atoms with E-state index in [0.717, 1.165) is 17.2 Å². The molecule has 5 heteroatoms. The van der Waals surface area contributed by atoms with Gasteiger partial charge in [0.25, 0.3) is 0 Å². The molecule has 0 aliphatic carbocycles. The topological polar surface area (TPSA) is 53.4 Å². The van der Waals surface area contributed by atoms with Crippen molar-refractivity contribution in [3.05, 3.63) is 11.1 Å². The summed E-state index contributed by atoms with van der Waals surface area (Å²) < 4.78 is 0. The Bertz CT molecular complexity index is 338. The van der Waals surface area contributed by atoms with Crippen LogP contribution in [-0.4, -0.2) is 29.7 Å². The SMILES string of the molecule is CCc1csc(N(C)CC(C)C(=O)O)n1. The number of anilines is 1. The van der Waals surface area contributed by atoms with E-state index in [1.807, 2.05) is 17.3 Å². The van der Waals surface area contributed by atoms with Gasteiger partial charge in [0, 0.05) is 19.0 Å². The number of aliphatic carboxylic acids is 1. The Kier molecular flexibility index (Phi) is 4.08. The highest BCUT2D eigenvalue weighted by molar-refractivity contribution is 7.13. The maximum absolute atomic E-state index is 10.7. The zero-order valence-corrected chi connectivity index (χ0v) is 10.0. The molecule has 1 aromatic rings. The number of hydrogen-bond acceptors (Lipinski definition) is 4. The Morgan fingerprint density at radius 2 is 2.40 bits per heavy atom. The van der Waals surface area contributed by atoms with Gasteiger partial charge in [0.2, 0.25) is 0 Å². The van der Waals surface area contributed by atoms with Gasteiger partial charge in [-0.3, -0.25) is 4.79 Å². The van der Waals surface area contributed by atoms with Gasteiger partial charge in [-0.05, 0) is 6.42 Å². The third kappa shape index (κ3) is 3.20. The van der Waals surface area contributed by atoms with Crippen LogP contribution >= 0.6 is 11.3 Å². The number of carboxylic acid groups (broad SMARTS) is 1. The predicted molar refractivity (Wildman–Crippen MR) is 61.6 cm³/mol. The Labute approximate surface area is 93.6 Å². The van der Waals surface area contributed by atoms with E-state index in [1.165, 1.54) is 0 Å². The van der Waals surface area contributed by atoms with Crippen molar-refractivity contribution >= 4 is 22.4 Å². The molecule has 0 aliphatic rings. The highest BCUT2D eigenvalue weighted by Gasteiger charge is 2.15. The summed E-state index contributed by atoms with van der Waals surface area (Å²) in [6.45, 7) is 4.25. The van der Waals surface area contributed by atoms with E-state index in [9.17, 15) is 4.79 Å². The second kappa shape index (κ2) is 5.11. The van der Waals surface area contributed by atoms with Gasteiger partial charge in [-0.15, -0.1) is 11.3 Å². The molecule has 0 amide bonds. The standard InChI is InChI=1S/C10H16N2O2S/c1-4-8-6-15-10(11-8)12(3)5-7(2)9(13)14/h6-7H,4-5H2,1-3H3,(H,13,14). The predicted octanol–water partition coefficient (Wildman–Crippen LogP) is 1.86. The monoisotopic (exact) mass is 228 g/mol. The van der Waals surface area contributed by atoms with Crippen LogP contribution in [0.4, 0.5) is 5.13 Å². The molecule has 0 aliphatic heterocycles. The third-order valence-corrected chi connectivity index (χ3v) is 3.20. The molecule has 1 atom stereocenters. The quantitative estimate of drug-likeness (QED) is 0.835. The molecular formula is C10H16N2O2S. The number of carbonyl (C=O) groups is 1. The molecule has 0 fully saturated rings. The number of carboxylic acids is 1. The minimum absolute atomic E-state index is 0.371. The molecule has 0 aromatic carbocycles. The molecule has 0 bridgehead atoms. The van der Waals surface area contributed by atoms with Crippen LogP contribution in [0.25, 0.3) is 0 Å². The van der Waals surface area contributed by atoms with Gasteiger partial charge in [0.15, 0.2) is 5.13 Å². The van der Waals surface area contributed by atoms with Crippen LogP contribution in [0, 0.1) is 5.92 Å². The van der Waals surface area contributed by atoms with Crippen molar-refractivity contribution in [3.8, 4) is 0 Å². The van der Waals surface area contributed by atoms with Crippen molar-refractivity contribution in [1.82, 2.24) is 4.98 Å². The molecule has 84 valence electrons. The summed E-state index contributed by atoms with van der Waals surface area (Å²) in [5, 5.41) is 11.7. The molecule has 1 rings (SSSR count). The fourth-order valence-corrected chi connectivity index (χ4v) is 2.09. The second-order valence-corrected chi connectivity index (χ2v) is 4.43. The van der Waals surface area contributed by atoms with Crippen LogP contribution in [0.3, 0.4) is 0 Å². The molecule has 15 heavy (non-hydrogen) atoms. The van der Waals surface area contributed by atoms with Crippen molar-refractivity contribution in [2.75, 3.05) is 18.5 Å². The number of hydrogen-bond donors (Lipinski definition) is 1. The second-order valence-electron chi connectivity index (χ2n) is 3.59. The first-order chi connectivity index (χ1) is 7.04. The van der Waals surface area contributed by atoms with Gasteiger partial charge in [-0.2, -0.15) is 0 Å². The van der Waals surface area contributed by atoms with E-state index in [1.54, 1.807) is 18.3 Å². The van der Waals surface area contributed by atoms with E-state index >= 15 is 0 Å². The fourth-order valence-electron chi connectivity index (χ4n) is 1.20. The lowest BCUT2D eigenvalue weighted by molar-refractivity contribution is -0.140. The summed E-state index contributed by atoms with van der Waals surface area (Å²) >= 11 is 1.56. The number of aromatic nitrogens is 1. The summed E-state index contributed by atoms with van der Waals surface area (Å²) in [6, 6.07) is 0. The zero-order valence-electron chi connectivity index (χ0n) is 9.23. The lowest BCUT2D eigenvalue weighted by Crippen LogP contribution is -2.28. The maximum Gasteiger partial charge on any atom is 0.308 e. The maximum atomic E-state index is 10.7. The van der Waals surface area contributed by atoms with Crippen LogP contribution in [0.15, 0.2) is 5.38 Å². The average Bonchev–Trinajstić information content (AvgIpc) is 2.65. The Morgan fingerprint density at radius 1 is 1.73 bits per heavy atom. The number of thiazole rings is 1. The van der Waals surface area contributed by atoms with Gasteiger partial charge >= 0.3 is 5.97 Å². The molecule has 4 nitrogen and oxygen atoms in total. The van der Waals surface area contributed by atoms with Crippen molar-refractivity contribution in [3.63, 3.8) is 0 Å². The van der Waals surface area contributed by atoms with Crippen molar-refractivity contribution in [1.29, 1.82) is 0 Å². The summed E-state index contributed by atoms with van der Waals surface area (Å²) in [5.74, 6) is -1.14. The minimum Gasteiger partial charge on any atom is -0.481 e. The largest absolute Gasteiger partial charge is 0.481 e. The summed E-state index contributed by atoms with van der Waals surface area (Å²) in [6.07, 6.45) is 0.916. The summed E-state index contributed by atoms with van der Waals surface area (Å²) in [5.41, 5.74) is 1.06. The Balaban J connectivity index is 2.60. The lowest BCUT2D eigenvalue weighted by Gasteiger charge is -2.17. The van der Waals surface area contributed by atoms with E-state index in [-0.39, 0.29) is 5.92 Å². The highest BCUT2D eigenvalue weighted by Crippen LogP contribution is 2.20. The third-order valence-electron chi connectivity index (χ3n) is 2.20. The molecule has 0 spiro atoms. The highest BCUT2D eigenvalue weighted by atomic mass is 32.1. The Hall–Kier alpha value is -1.10. The van der Waals surface area contributed by atoms with Crippen LogP contribution in [-0.2, 0) is 11.2 Å². The van der Waals surface area contributed by atoms with Crippen LogP contribution in [0.2, 0.25) is 0 Å². The first-order valence-electron chi connectivity index (χ1n) is 4.93. The number of aryl methyl sites for hydroxylation is 1. The van der Waals surface area contributed by atoms with Crippen LogP contribution in [0.5, 0.6) is 0 Å². The molecular weight excluding hydrogens is 212 g/mol. The summed E-state index contributed by atoms with van der Waals surface area (Å²) in [4.78, 5) is 17.0. The Morgan fingerprint density at radius 3 is 2.87 bits per heavy atom. The lowest BCUT2D eigenvalue weighted by atomic mass is 10.2. The number of nitrogens with zero attached hydrogens (tertiary/aromatic N) is 2. The fraction of sp³-hybridized carbons (Fsp3) is 0.600. The van der Waals surface area contributed by atoms with Gasteiger partial charge in [-0.1, -0.05) is 13.8 Å². The molecule has 0 saturated heterocycles. The van der Waals surface area contributed by atoms with Crippen molar-refractivity contribution < 1.29 is 9.90 Å². The van der Waals surface area contributed by atoms with Gasteiger partial charge < -0.3 is 10.0 Å². The van der Waals surface area contributed by atoms with Gasteiger partial charge in [-0.25, -0.2) is 4.98 Å². The molecule has 0 saturated carbocycles.